The lowest BCUT2D eigenvalue weighted by molar-refractivity contribution is 0.0750. The van der Waals surface area contributed by atoms with Crippen LogP contribution in [-0.2, 0) is 6.42 Å². The van der Waals surface area contributed by atoms with Crippen LogP contribution in [0.25, 0.3) is 0 Å². The van der Waals surface area contributed by atoms with Gasteiger partial charge >= 0.3 is 0 Å². The number of nitrogens with one attached hydrogen (secondary N) is 1. The minimum absolute atomic E-state index is 0.203. The van der Waals surface area contributed by atoms with Gasteiger partial charge in [0.1, 0.15) is 5.76 Å². The Morgan fingerprint density at radius 3 is 3.07 bits per heavy atom. The van der Waals surface area contributed by atoms with Crippen LogP contribution in [0.2, 0.25) is 0 Å². The highest BCUT2D eigenvalue weighted by molar-refractivity contribution is 5.91. The summed E-state index contributed by atoms with van der Waals surface area (Å²) in [7, 11) is 0. The van der Waals surface area contributed by atoms with Crippen molar-refractivity contribution >= 4 is 5.91 Å². The highest BCUT2D eigenvalue weighted by Crippen LogP contribution is 2.40. The van der Waals surface area contributed by atoms with Gasteiger partial charge in [-0.05, 0) is 43.2 Å². The Kier molecular flexibility index (Phi) is 4.04. The number of hydrogen-bond donors (Lipinski definition) is 1. The van der Waals surface area contributed by atoms with Gasteiger partial charge in [0.15, 0.2) is 17.2 Å². The van der Waals surface area contributed by atoms with Crippen molar-refractivity contribution in [2.45, 2.75) is 44.6 Å². The maximum atomic E-state index is 12.6. The second kappa shape index (κ2) is 6.56. The predicted molar refractivity (Wildman–Crippen MR) is 96.5 cm³/mol. The molecule has 1 saturated carbocycles. The van der Waals surface area contributed by atoms with Gasteiger partial charge in [0.05, 0.1) is 0 Å². The fourth-order valence-electron chi connectivity index (χ4n) is 4.03. The maximum absolute atomic E-state index is 12.6. The van der Waals surface area contributed by atoms with E-state index < -0.39 is 0 Å². The number of hydrogen-bond acceptors (Lipinski definition) is 6. The van der Waals surface area contributed by atoms with E-state index in [4.69, 9.17) is 14.0 Å². The molecule has 7 heteroatoms. The summed E-state index contributed by atoms with van der Waals surface area (Å²) in [5.74, 6) is 3.19. The quantitative estimate of drug-likeness (QED) is 0.873. The number of aromatic nitrogens is 1. The fraction of sp³-hybridized carbons (Fsp3) is 0.500. The Morgan fingerprint density at radius 2 is 2.22 bits per heavy atom. The molecule has 142 valence electrons. The monoisotopic (exact) mass is 369 g/mol. The van der Waals surface area contributed by atoms with Gasteiger partial charge in [0, 0.05) is 24.6 Å². The zero-order chi connectivity index (χ0) is 18.4. The molecule has 3 heterocycles. The number of carbonyl (C=O) groups is 1. The number of fused-ring (bicyclic) bond motifs is 1. The third-order valence-electron chi connectivity index (χ3n) is 5.54. The van der Waals surface area contributed by atoms with Crippen LogP contribution < -0.4 is 14.9 Å². The topological polar surface area (TPSA) is 76.8 Å². The Balaban J connectivity index is 1.29. The van der Waals surface area contributed by atoms with E-state index in [1.807, 2.05) is 17.1 Å². The van der Waals surface area contributed by atoms with E-state index in [0.717, 1.165) is 55.1 Å². The average Bonchev–Trinajstić information content (AvgIpc) is 3.07. The van der Waals surface area contributed by atoms with Crippen molar-refractivity contribution in [1.29, 1.82) is 0 Å². The Bertz CT molecular complexity index is 861. The predicted octanol–water partition coefficient (Wildman–Crippen LogP) is 2.88. The third-order valence-corrected chi connectivity index (χ3v) is 5.54. The lowest BCUT2D eigenvalue weighted by Crippen LogP contribution is -2.46. The Labute approximate surface area is 157 Å². The summed E-state index contributed by atoms with van der Waals surface area (Å²) in [4.78, 5) is 12.6. The van der Waals surface area contributed by atoms with Crippen molar-refractivity contribution in [3.05, 3.63) is 41.3 Å². The molecule has 2 fully saturated rings. The van der Waals surface area contributed by atoms with Gasteiger partial charge < -0.3 is 14.0 Å². The number of hydrazine groups is 1. The molecular formula is C20H23N3O4. The minimum Gasteiger partial charge on any atom is -0.454 e. The molecule has 1 N–H and O–H groups in total. The molecule has 1 aromatic heterocycles. The first-order valence-electron chi connectivity index (χ1n) is 9.59. The van der Waals surface area contributed by atoms with Crippen molar-refractivity contribution < 1.29 is 18.8 Å². The summed E-state index contributed by atoms with van der Waals surface area (Å²) < 4.78 is 16.4. The van der Waals surface area contributed by atoms with E-state index in [-0.39, 0.29) is 18.7 Å². The third kappa shape index (κ3) is 3.27. The van der Waals surface area contributed by atoms with Gasteiger partial charge in [0.2, 0.25) is 6.79 Å². The number of benzene rings is 1. The molecule has 7 nitrogen and oxygen atoms in total. The lowest BCUT2D eigenvalue weighted by Gasteiger charge is -2.25. The van der Waals surface area contributed by atoms with Crippen LogP contribution in [-0.4, -0.2) is 35.5 Å². The normalized spacial score (nSPS) is 24.3. The molecule has 3 aliphatic rings. The second-order valence-electron chi connectivity index (χ2n) is 7.83. The van der Waals surface area contributed by atoms with Crippen LogP contribution in [0, 0.1) is 5.92 Å². The maximum Gasteiger partial charge on any atom is 0.287 e. The van der Waals surface area contributed by atoms with Crippen LogP contribution in [0.1, 0.15) is 53.9 Å². The number of rotatable bonds is 5. The minimum atomic E-state index is -0.206. The molecule has 2 unspecified atom stereocenters. The fourth-order valence-corrected chi connectivity index (χ4v) is 4.03. The van der Waals surface area contributed by atoms with Crippen LogP contribution in [0.5, 0.6) is 11.5 Å². The molecule has 27 heavy (non-hydrogen) atoms. The summed E-state index contributed by atoms with van der Waals surface area (Å²) >= 11 is 0. The van der Waals surface area contributed by atoms with Gasteiger partial charge in [0.25, 0.3) is 5.91 Å². The van der Waals surface area contributed by atoms with Gasteiger partial charge in [-0.15, -0.1) is 0 Å². The first-order chi connectivity index (χ1) is 13.2. The molecule has 1 aliphatic carbocycles. The smallest absolute Gasteiger partial charge is 0.287 e. The molecule has 0 radical (unpaired) electrons. The molecule has 1 amide bonds. The molecule has 0 spiro atoms. The van der Waals surface area contributed by atoms with Crippen LogP contribution in [0.3, 0.4) is 0 Å². The van der Waals surface area contributed by atoms with E-state index in [1.165, 1.54) is 0 Å². The van der Waals surface area contributed by atoms with E-state index in [9.17, 15) is 4.79 Å². The number of nitrogens with zero attached hydrogens (tertiary/aromatic N) is 2. The van der Waals surface area contributed by atoms with Gasteiger partial charge in [-0.25, -0.2) is 5.01 Å². The number of amides is 1. The number of para-hydroxylation sites is 1. The molecule has 2 aromatic rings. The van der Waals surface area contributed by atoms with Crippen LogP contribution in [0.15, 0.2) is 28.8 Å². The number of ether oxygens (including phenoxy) is 2. The van der Waals surface area contributed by atoms with E-state index in [2.05, 4.69) is 23.6 Å². The summed E-state index contributed by atoms with van der Waals surface area (Å²) in [6.07, 6.45) is 4.05. The van der Waals surface area contributed by atoms with Crippen molar-refractivity contribution in [2.24, 2.45) is 5.92 Å². The molecule has 1 aromatic carbocycles. The van der Waals surface area contributed by atoms with E-state index in [0.29, 0.717) is 17.5 Å². The molecule has 0 bridgehead atoms. The van der Waals surface area contributed by atoms with Gasteiger partial charge in [-0.1, -0.05) is 24.2 Å². The average molecular weight is 369 g/mol. The highest BCUT2D eigenvalue weighted by atomic mass is 16.7. The molecular weight excluding hydrogens is 346 g/mol. The van der Waals surface area contributed by atoms with E-state index in [1.54, 1.807) is 6.07 Å². The van der Waals surface area contributed by atoms with Crippen molar-refractivity contribution in [3.63, 3.8) is 0 Å². The van der Waals surface area contributed by atoms with Gasteiger partial charge in [-0.3, -0.25) is 10.2 Å². The zero-order valence-electron chi connectivity index (χ0n) is 15.3. The van der Waals surface area contributed by atoms with E-state index >= 15 is 0 Å². The largest absolute Gasteiger partial charge is 0.454 e. The SMILES string of the molecule is CC1CC(Cc2cccc3c2OCO3)N(NC(=O)c2cc(C3CC3)on2)C1. The molecule has 5 rings (SSSR count). The first-order valence-corrected chi connectivity index (χ1v) is 9.59. The second-order valence-corrected chi connectivity index (χ2v) is 7.83. The van der Waals surface area contributed by atoms with Crippen LogP contribution >= 0.6 is 0 Å². The Morgan fingerprint density at radius 1 is 1.33 bits per heavy atom. The van der Waals surface area contributed by atoms with Crippen molar-refractivity contribution in [2.75, 3.05) is 13.3 Å². The first kappa shape index (κ1) is 16.6. The summed E-state index contributed by atoms with van der Waals surface area (Å²) in [6.45, 7) is 3.29. The zero-order valence-corrected chi connectivity index (χ0v) is 15.3. The lowest BCUT2D eigenvalue weighted by atomic mass is 10.0. The molecule has 2 atom stereocenters. The van der Waals surface area contributed by atoms with Gasteiger partial charge in [-0.2, -0.15) is 0 Å². The standard InChI is InChI=1S/C20H23N3O4/c1-12-7-15(8-14-3-2-4-17-19(14)26-11-25-17)23(10-12)21-20(24)16-9-18(27-22-16)13-5-6-13/h2-4,9,12-13,15H,5-8,10-11H2,1H3,(H,21,24). The van der Waals surface area contributed by atoms with Crippen molar-refractivity contribution in [1.82, 2.24) is 15.6 Å². The number of carbonyl (C=O) groups excluding carboxylic acids is 1. The van der Waals surface area contributed by atoms with Crippen LogP contribution in [0.4, 0.5) is 0 Å². The summed E-state index contributed by atoms with van der Waals surface area (Å²) in [6, 6.07) is 7.95. The highest BCUT2D eigenvalue weighted by Gasteiger charge is 2.34. The summed E-state index contributed by atoms with van der Waals surface area (Å²) in [5, 5.41) is 5.98. The molecule has 2 aliphatic heterocycles. The molecule has 1 saturated heterocycles. The Hall–Kier alpha value is -2.54. The van der Waals surface area contributed by atoms with Crippen molar-refractivity contribution in [3.8, 4) is 11.5 Å². The summed E-state index contributed by atoms with van der Waals surface area (Å²) in [5.41, 5.74) is 4.50.